The van der Waals surface area contributed by atoms with E-state index in [2.05, 4.69) is 10.3 Å². The zero-order valence-corrected chi connectivity index (χ0v) is 12.0. The van der Waals surface area contributed by atoms with Crippen molar-refractivity contribution < 1.29 is 14.8 Å². The van der Waals surface area contributed by atoms with E-state index in [-0.39, 0.29) is 12.2 Å². The molecule has 0 saturated carbocycles. The smallest absolute Gasteiger partial charge is 0.269 e. The number of hydrogen-bond donors (Lipinski definition) is 1. The maximum Gasteiger partial charge on any atom is 0.269 e. The Bertz CT molecular complexity index is 667. The minimum Gasteiger partial charge on any atom is -0.548 e. The van der Waals surface area contributed by atoms with Crippen LogP contribution in [0.1, 0.15) is 16.1 Å². The van der Waals surface area contributed by atoms with Crippen LogP contribution in [-0.2, 0) is 11.2 Å². The van der Waals surface area contributed by atoms with E-state index in [4.69, 9.17) is 0 Å². The number of hydrogen-bond acceptors (Lipinski definition) is 7. The molecule has 110 valence electrons. The van der Waals surface area contributed by atoms with Crippen molar-refractivity contribution in [3.8, 4) is 0 Å². The van der Waals surface area contributed by atoms with Gasteiger partial charge < -0.3 is 15.2 Å². The van der Waals surface area contributed by atoms with E-state index in [1.807, 2.05) is 6.92 Å². The summed E-state index contributed by atoms with van der Waals surface area (Å²) >= 11 is 1.36. The third-order valence-electron chi connectivity index (χ3n) is 2.79. The summed E-state index contributed by atoms with van der Waals surface area (Å²) in [6, 6.07) is 6.32. The number of nitrogens with zero attached hydrogens (tertiary/aromatic N) is 2. The molecular weight excluding hydrogens is 294 g/mol. The fraction of sp³-hybridized carbons (Fsp3) is 0.231. The number of nitro groups is 1. The predicted octanol–water partition coefficient (Wildman–Crippen LogP) is 1.11. The van der Waals surface area contributed by atoms with E-state index in [0.29, 0.717) is 11.6 Å². The average molecular weight is 306 g/mol. The minimum absolute atomic E-state index is 0.0519. The zero-order chi connectivity index (χ0) is 15.4. The third kappa shape index (κ3) is 3.99. The summed E-state index contributed by atoms with van der Waals surface area (Å²) in [5, 5.41) is 24.2. The summed E-state index contributed by atoms with van der Waals surface area (Å²) in [4.78, 5) is 25.8. The molecule has 0 atom stereocenters. The number of rotatable bonds is 6. The molecule has 0 unspecified atom stereocenters. The van der Waals surface area contributed by atoms with E-state index in [9.17, 15) is 20.0 Å². The van der Waals surface area contributed by atoms with Crippen LogP contribution in [0.2, 0.25) is 0 Å². The van der Waals surface area contributed by atoms with Crippen molar-refractivity contribution in [1.29, 1.82) is 0 Å². The Morgan fingerprint density at radius 3 is 2.62 bits per heavy atom. The van der Waals surface area contributed by atoms with E-state index >= 15 is 0 Å². The first-order valence-corrected chi connectivity index (χ1v) is 6.90. The van der Waals surface area contributed by atoms with Crippen molar-refractivity contribution in [1.82, 2.24) is 4.98 Å². The Morgan fingerprint density at radius 1 is 1.38 bits per heavy atom. The van der Waals surface area contributed by atoms with Gasteiger partial charge in [0.15, 0.2) is 5.13 Å². The highest BCUT2D eigenvalue weighted by atomic mass is 32.1. The lowest BCUT2D eigenvalue weighted by atomic mass is 10.1. The Balaban J connectivity index is 2.08. The number of carboxylic acids is 1. The molecule has 7 nitrogen and oxygen atoms in total. The molecule has 8 heteroatoms. The highest BCUT2D eigenvalue weighted by Gasteiger charge is 2.10. The molecule has 1 N–H and O–H groups in total. The standard InChI is InChI=1S/C13H13N3O4S/c1-8-11(21-13(15-8)14-7-12(17)18)6-9-2-4-10(5-3-9)16(19)20/h2-5H,6-7H2,1H3,(H,14,15)(H,17,18)/p-1. The van der Waals surface area contributed by atoms with Crippen molar-refractivity contribution in [3.63, 3.8) is 0 Å². The first-order valence-electron chi connectivity index (χ1n) is 6.09. The predicted molar refractivity (Wildman–Crippen MR) is 76.3 cm³/mol. The third-order valence-corrected chi connectivity index (χ3v) is 3.90. The fourth-order valence-corrected chi connectivity index (χ4v) is 2.73. The van der Waals surface area contributed by atoms with Gasteiger partial charge in [0.1, 0.15) is 0 Å². The van der Waals surface area contributed by atoms with Crippen LogP contribution in [0.3, 0.4) is 0 Å². The molecule has 0 aliphatic rings. The first-order chi connectivity index (χ1) is 9.95. The van der Waals surface area contributed by atoms with Gasteiger partial charge in [0.05, 0.1) is 23.1 Å². The number of thiazole rings is 1. The lowest BCUT2D eigenvalue weighted by Gasteiger charge is -2.01. The monoisotopic (exact) mass is 306 g/mol. The van der Waals surface area contributed by atoms with Gasteiger partial charge in [-0.05, 0) is 12.5 Å². The number of aliphatic carboxylic acids is 1. The molecule has 1 heterocycles. The quantitative estimate of drug-likeness (QED) is 0.632. The van der Waals surface area contributed by atoms with Crippen LogP contribution < -0.4 is 10.4 Å². The lowest BCUT2D eigenvalue weighted by molar-refractivity contribution is -0.384. The van der Waals surface area contributed by atoms with Gasteiger partial charge in [0, 0.05) is 23.4 Å². The number of carbonyl (C=O) groups is 1. The summed E-state index contributed by atoms with van der Waals surface area (Å²) in [6.45, 7) is 1.55. The van der Waals surface area contributed by atoms with E-state index < -0.39 is 10.9 Å². The SMILES string of the molecule is Cc1nc(NCC(=O)[O-])sc1Cc1ccc([N+](=O)[O-])cc1. The number of benzene rings is 1. The van der Waals surface area contributed by atoms with Gasteiger partial charge in [-0.3, -0.25) is 10.1 Å². The van der Waals surface area contributed by atoms with Crippen molar-refractivity contribution in [2.24, 2.45) is 0 Å². The Kier molecular flexibility index (Phi) is 4.49. The highest BCUT2D eigenvalue weighted by Crippen LogP contribution is 2.25. The second-order valence-corrected chi connectivity index (χ2v) is 5.44. The normalized spacial score (nSPS) is 10.3. The van der Waals surface area contributed by atoms with E-state index in [0.717, 1.165) is 16.1 Å². The number of aryl methyl sites for hydroxylation is 1. The Labute approximate surface area is 124 Å². The zero-order valence-electron chi connectivity index (χ0n) is 11.2. The number of nitro benzene ring substituents is 1. The Hall–Kier alpha value is -2.48. The van der Waals surface area contributed by atoms with Crippen LogP contribution in [0.25, 0.3) is 0 Å². The molecule has 0 spiro atoms. The molecule has 0 fully saturated rings. The van der Waals surface area contributed by atoms with E-state index in [1.165, 1.54) is 23.5 Å². The number of carboxylic acid groups (broad SMARTS) is 1. The van der Waals surface area contributed by atoms with Crippen LogP contribution in [0, 0.1) is 17.0 Å². The molecular formula is C13H12N3O4S-. The van der Waals surface area contributed by atoms with Crippen molar-refractivity contribution >= 4 is 28.1 Å². The van der Waals surface area contributed by atoms with Gasteiger partial charge in [0.25, 0.3) is 5.69 Å². The largest absolute Gasteiger partial charge is 0.548 e. The summed E-state index contributed by atoms with van der Waals surface area (Å²) < 4.78 is 0. The van der Waals surface area contributed by atoms with Crippen LogP contribution in [0.4, 0.5) is 10.8 Å². The minimum atomic E-state index is -1.19. The van der Waals surface area contributed by atoms with Gasteiger partial charge in [-0.1, -0.05) is 12.1 Å². The molecule has 2 aromatic rings. The van der Waals surface area contributed by atoms with Crippen molar-refractivity contribution in [2.75, 3.05) is 11.9 Å². The summed E-state index contributed by atoms with van der Waals surface area (Å²) in [5.41, 5.74) is 1.79. The second-order valence-electron chi connectivity index (χ2n) is 4.35. The molecule has 0 aliphatic carbocycles. The van der Waals surface area contributed by atoms with Gasteiger partial charge >= 0.3 is 0 Å². The number of non-ortho nitro benzene ring substituents is 1. The molecule has 1 aromatic heterocycles. The number of nitrogens with one attached hydrogen (secondary N) is 1. The number of aromatic nitrogens is 1. The molecule has 0 amide bonds. The number of anilines is 1. The van der Waals surface area contributed by atoms with Crippen LogP contribution in [0.5, 0.6) is 0 Å². The van der Waals surface area contributed by atoms with Crippen LogP contribution in [-0.4, -0.2) is 22.4 Å². The summed E-state index contributed by atoms with van der Waals surface area (Å²) in [6.07, 6.45) is 0.592. The lowest BCUT2D eigenvalue weighted by Crippen LogP contribution is -2.30. The fourth-order valence-electron chi connectivity index (χ4n) is 1.74. The maximum absolute atomic E-state index is 10.6. The summed E-state index contributed by atoms with van der Waals surface area (Å²) in [5.74, 6) is -1.19. The average Bonchev–Trinajstić information content (AvgIpc) is 2.78. The Morgan fingerprint density at radius 2 is 2.05 bits per heavy atom. The summed E-state index contributed by atoms with van der Waals surface area (Å²) in [7, 11) is 0. The first kappa shape index (κ1) is 14.9. The van der Waals surface area contributed by atoms with Crippen molar-refractivity contribution in [3.05, 3.63) is 50.5 Å². The van der Waals surface area contributed by atoms with E-state index in [1.54, 1.807) is 12.1 Å². The van der Waals surface area contributed by atoms with Gasteiger partial charge in [-0.2, -0.15) is 0 Å². The molecule has 1 aromatic carbocycles. The molecule has 2 rings (SSSR count). The van der Waals surface area contributed by atoms with Crippen molar-refractivity contribution in [2.45, 2.75) is 13.3 Å². The van der Waals surface area contributed by atoms with Crippen LogP contribution in [0.15, 0.2) is 24.3 Å². The topological polar surface area (TPSA) is 108 Å². The molecule has 0 saturated heterocycles. The molecule has 0 aliphatic heterocycles. The molecule has 0 bridgehead atoms. The van der Waals surface area contributed by atoms with Gasteiger partial charge in [0.2, 0.25) is 0 Å². The highest BCUT2D eigenvalue weighted by molar-refractivity contribution is 7.15. The van der Waals surface area contributed by atoms with Gasteiger partial charge in [-0.25, -0.2) is 4.98 Å². The molecule has 21 heavy (non-hydrogen) atoms. The molecule has 0 radical (unpaired) electrons. The van der Waals surface area contributed by atoms with Gasteiger partial charge in [-0.15, -0.1) is 11.3 Å². The second kappa shape index (κ2) is 6.31. The maximum atomic E-state index is 10.6. The van der Waals surface area contributed by atoms with Crippen LogP contribution >= 0.6 is 11.3 Å². The number of carbonyl (C=O) groups excluding carboxylic acids is 1.